The summed E-state index contributed by atoms with van der Waals surface area (Å²) in [6, 6.07) is -0.493. The van der Waals surface area contributed by atoms with Crippen LogP contribution < -0.4 is 4.57 Å². The minimum absolute atomic E-state index is 0.493. The molecule has 0 fully saturated rings. The smallest absolute Gasteiger partial charge is 0.349 e. The number of aromatic nitrogens is 2. The summed E-state index contributed by atoms with van der Waals surface area (Å²) in [6.45, 7) is 9.00. The van der Waals surface area contributed by atoms with Gasteiger partial charge in [0, 0.05) is 13.3 Å². The van der Waals surface area contributed by atoms with E-state index in [1.807, 2.05) is 17.7 Å². The molecule has 1 N–H and O–H groups in total. The highest BCUT2D eigenvalue weighted by molar-refractivity contribution is 5.69. The molecule has 0 bridgehead atoms. The van der Waals surface area contributed by atoms with Crippen molar-refractivity contribution < 1.29 is 14.5 Å². The summed E-state index contributed by atoms with van der Waals surface area (Å²) >= 11 is 0. The van der Waals surface area contributed by atoms with Gasteiger partial charge in [0.05, 0.1) is 6.54 Å². The Morgan fingerprint density at radius 2 is 2.05 bits per heavy atom. The minimum atomic E-state index is -0.770. The molecule has 1 aromatic heterocycles. The first-order valence-corrected chi connectivity index (χ1v) is 7.35. The van der Waals surface area contributed by atoms with E-state index >= 15 is 0 Å². The van der Waals surface area contributed by atoms with Crippen LogP contribution in [0.25, 0.3) is 0 Å². The van der Waals surface area contributed by atoms with Crippen LogP contribution in [0.3, 0.4) is 0 Å². The second-order valence-electron chi connectivity index (χ2n) is 5.16. The summed E-state index contributed by atoms with van der Waals surface area (Å²) in [5, 5.41) is 9.21. The van der Waals surface area contributed by atoms with E-state index in [9.17, 15) is 9.90 Å². The zero-order chi connectivity index (χ0) is 14.4. The number of carbonyl (C=O) groups is 1. The fraction of sp³-hybridized carbons (Fsp3) is 0.733. The molecule has 1 unspecified atom stereocenters. The lowest BCUT2D eigenvalue weighted by atomic mass is 10.1. The molecule has 0 spiro atoms. The fourth-order valence-corrected chi connectivity index (χ4v) is 2.55. The van der Waals surface area contributed by atoms with Gasteiger partial charge in [-0.05, 0) is 20.3 Å². The van der Waals surface area contributed by atoms with E-state index in [2.05, 4.69) is 18.4 Å². The van der Waals surface area contributed by atoms with Gasteiger partial charge in [-0.15, -0.1) is 0 Å². The number of carboxylic acid groups (broad SMARTS) is 1. The molecule has 1 atom stereocenters. The van der Waals surface area contributed by atoms with Gasteiger partial charge in [0.1, 0.15) is 11.9 Å². The molecule has 1 heterocycles. The Balaban J connectivity index is 2.93. The van der Waals surface area contributed by atoms with Crippen LogP contribution in [-0.2, 0) is 17.8 Å². The highest BCUT2D eigenvalue weighted by atomic mass is 16.4. The maximum absolute atomic E-state index is 11.2. The Kier molecular flexibility index (Phi) is 6.06. The monoisotopic (exact) mass is 267 g/mol. The lowest BCUT2D eigenvalue weighted by molar-refractivity contribution is -0.714. The van der Waals surface area contributed by atoms with Crippen LogP contribution in [0.2, 0.25) is 0 Å². The quantitative estimate of drug-likeness (QED) is 0.581. The van der Waals surface area contributed by atoms with Crippen molar-refractivity contribution in [2.45, 2.75) is 72.4 Å². The summed E-state index contributed by atoms with van der Waals surface area (Å²) in [7, 11) is 0. The van der Waals surface area contributed by atoms with E-state index < -0.39 is 12.0 Å². The predicted molar refractivity (Wildman–Crippen MR) is 75.2 cm³/mol. The second-order valence-corrected chi connectivity index (χ2v) is 5.16. The molecule has 0 saturated carbocycles. The van der Waals surface area contributed by atoms with Crippen molar-refractivity contribution in [3.63, 3.8) is 0 Å². The Morgan fingerprint density at radius 1 is 1.37 bits per heavy atom. The number of imidazole rings is 1. The number of unbranched alkanes of at least 4 members (excludes halogenated alkanes) is 3. The predicted octanol–water partition coefficient (Wildman–Crippen LogP) is 2.87. The second kappa shape index (κ2) is 7.31. The van der Waals surface area contributed by atoms with Crippen LogP contribution in [0.15, 0.2) is 6.20 Å². The first-order chi connectivity index (χ1) is 9.02. The van der Waals surface area contributed by atoms with Gasteiger partial charge in [0.2, 0.25) is 0 Å². The summed E-state index contributed by atoms with van der Waals surface area (Å²) in [5.74, 6) is 0.374. The molecule has 19 heavy (non-hydrogen) atoms. The zero-order valence-corrected chi connectivity index (χ0v) is 12.6. The van der Waals surface area contributed by atoms with Crippen molar-refractivity contribution >= 4 is 5.97 Å². The van der Waals surface area contributed by atoms with Gasteiger partial charge in [0.15, 0.2) is 6.04 Å². The van der Waals surface area contributed by atoms with Gasteiger partial charge in [-0.2, -0.15) is 0 Å². The molecule has 0 amide bonds. The molecule has 1 rings (SSSR count). The highest BCUT2D eigenvalue weighted by Crippen LogP contribution is 2.11. The van der Waals surface area contributed by atoms with Crippen molar-refractivity contribution in [3.05, 3.63) is 17.7 Å². The molecule has 0 aliphatic rings. The number of aliphatic carboxylic acids is 1. The summed E-state index contributed by atoms with van der Waals surface area (Å²) in [6.07, 6.45) is 7.74. The molecule has 4 nitrogen and oxygen atoms in total. The van der Waals surface area contributed by atoms with E-state index in [1.165, 1.54) is 19.3 Å². The first kappa shape index (κ1) is 15.7. The molecule has 4 heteroatoms. The van der Waals surface area contributed by atoms with Gasteiger partial charge < -0.3 is 5.11 Å². The molecule has 0 aliphatic heterocycles. The van der Waals surface area contributed by atoms with Gasteiger partial charge >= 0.3 is 5.97 Å². The Hall–Kier alpha value is -1.32. The Morgan fingerprint density at radius 3 is 2.58 bits per heavy atom. The number of rotatable bonds is 8. The summed E-state index contributed by atoms with van der Waals surface area (Å²) < 4.78 is 4.15. The third-order valence-electron chi connectivity index (χ3n) is 3.71. The van der Waals surface area contributed by atoms with Gasteiger partial charge in [0.25, 0.3) is 5.82 Å². The molecular weight excluding hydrogens is 240 g/mol. The third kappa shape index (κ3) is 3.82. The maximum Gasteiger partial charge on any atom is 0.349 e. The van der Waals surface area contributed by atoms with Crippen LogP contribution in [-0.4, -0.2) is 15.6 Å². The van der Waals surface area contributed by atoms with Gasteiger partial charge in [-0.25, -0.2) is 13.9 Å². The van der Waals surface area contributed by atoms with E-state index in [0.29, 0.717) is 0 Å². The average molecular weight is 267 g/mol. The topological polar surface area (TPSA) is 46.1 Å². The van der Waals surface area contributed by atoms with Crippen LogP contribution in [0.4, 0.5) is 0 Å². The normalized spacial score (nSPS) is 12.6. The minimum Gasteiger partial charge on any atom is -0.478 e. The van der Waals surface area contributed by atoms with Crippen molar-refractivity contribution in [3.8, 4) is 0 Å². The van der Waals surface area contributed by atoms with E-state index in [1.54, 1.807) is 6.92 Å². The molecule has 0 aromatic carbocycles. The van der Waals surface area contributed by atoms with Crippen molar-refractivity contribution in [1.82, 2.24) is 4.57 Å². The summed E-state index contributed by atoms with van der Waals surface area (Å²) in [5.41, 5.74) is 1.14. The molecule has 1 aromatic rings. The third-order valence-corrected chi connectivity index (χ3v) is 3.71. The van der Waals surface area contributed by atoms with E-state index in [0.717, 1.165) is 30.9 Å². The molecule has 0 aliphatic carbocycles. The number of carboxylic acids is 1. The Labute approximate surface area is 116 Å². The van der Waals surface area contributed by atoms with Crippen molar-refractivity contribution in [1.29, 1.82) is 0 Å². The van der Waals surface area contributed by atoms with Gasteiger partial charge in [-0.1, -0.05) is 26.2 Å². The lowest BCUT2D eigenvalue weighted by Crippen LogP contribution is -2.44. The number of hydrogen-bond donors (Lipinski definition) is 1. The molecular formula is C15H27N2O2+. The van der Waals surface area contributed by atoms with Gasteiger partial charge in [-0.3, -0.25) is 0 Å². The number of hydrogen-bond acceptors (Lipinski definition) is 1. The van der Waals surface area contributed by atoms with Crippen LogP contribution in [0, 0.1) is 6.92 Å². The van der Waals surface area contributed by atoms with Crippen LogP contribution >= 0.6 is 0 Å². The van der Waals surface area contributed by atoms with E-state index in [4.69, 9.17) is 0 Å². The van der Waals surface area contributed by atoms with Crippen LogP contribution in [0.1, 0.15) is 64.0 Å². The fourth-order valence-electron chi connectivity index (χ4n) is 2.55. The summed E-state index contributed by atoms with van der Waals surface area (Å²) in [4.78, 5) is 11.2. The average Bonchev–Trinajstić information content (AvgIpc) is 2.69. The number of nitrogens with zero attached hydrogens (tertiary/aromatic N) is 2. The first-order valence-electron chi connectivity index (χ1n) is 7.35. The van der Waals surface area contributed by atoms with Crippen LogP contribution in [0.5, 0.6) is 0 Å². The highest BCUT2D eigenvalue weighted by Gasteiger charge is 2.27. The van der Waals surface area contributed by atoms with Crippen molar-refractivity contribution in [2.75, 3.05) is 0 Å². The SMILES string of the molecule is CCCCCCc1n(CC)c(C)c[n+]1C(C)C(=O)O. The maximum atomic E-state index is 11.2. The largest absolute Gasteiger partial charge is 0.478 e. The van der Waals surface area contributed by atoms with Crippen molar-refractivity contribution in [2.24, 2.45) is 0 Å². The Bertz CT molecular complexity index is 424. The van der Waals surface area contributed by atoms with E-state index in [-0.39, 0.29) is 0 Å². The zero-order valence-electron chi connectivity index (χ0n) is 12.6. The molecule has 0 saturated heterocycles. The molecule has 108 valence electrons. The number of aryl methyl sites for hydroxylation is 1. The molecule has 0 radical (unpaired) electrons. The lowest BCUT2D eigenvalue weighted by Gasteiger charge is -2.07. The standard InChI is InChI=1S/C15H26N2O2/c1-5-7-8-9-10-14-16(6-2)12(3)11-17(14)13(4)15(18)19/h11,13H,5-10H2,1-4H3/p+1.